The average Bonchev–Trinajstić information content (AvgIpc) is 2.98. The van der Waals surface area contributed by atoms with Crippen molar-refractivity contribution in [2.45, 2.75) is 31.4 Å². The minimum atomic E-state index is -0.283. The van der Waals surface area contributed by atoms with Gasteiger partial charge < -0.3 is 10.4 Å². The lowest BCUT2D eigenvalue weighted by Gasteiger charge is -2.37. The maximum Gasteiger partial charge on any atom is 0.288 e. The van der Waals surface area contributed by atoms with Gasteiger partial charge in [0.2, 0.25) is 5.82 Å². The number of nitrogens with one attached hydrogen (secondary N) is 2. The Morgan fingerprint density at radius 3 is 2.90 bits per heavy atom. The van der Waals surface area contributed by atoms with Crippen LogP contribution in [0.15, 0.2) is 30.7 Å². The van der Waals surface area contributed by atoms with Gasteiger partial charge in [-0.1, -0.05) is 6.07 Å². The Morgan fingerprint density at radius 1 is 1.43 bits per heavy atom. The number of aromatic amines is 1. The molecule has 3 rings (SSSR count). The number of hydrogen-bond acceptors (Lipinski definition) is 5. The molecule has 0 saturated heterocycles. The molecule has 0 spiro atoms. The molecule has 0 bridgehead atoms. The molecule has 7 heteroatoms. The van der Waals surface area contributed by atoms with Crippen LogP contribution >= 0.6 is 0 Å². The molecular formula is C14H17N5O2. The van der Waals surface area contributed by atoms with Crippen molar-refractivity contribution in [1.82, 2.24) is 25.5 Å². The van der Waals surface area contributed by atoms with Gasteiger partial charge in [-0.05, 0) is 30.9 Å². The van der Waals surface area contributed by atoms with Crippen molar-refractivity contribution in [3.8, 4) is 0 Å². The molecule has 3 N–H and O–H groups in total. The standard InChI is InChI=1S/C14H17N5O2/c20-11-5-9(6-11)12(7-10-3-1-2-4-15-10)18-14(21)13-16-8-17-19-13/h1-4,8-9,11-12,20H,5-7H2,(H,18,21)(H,16,17,19). The van der Waals surface area contributed by atoms with Gasteiger partial charge in [0, 0.05) is 24.4 Å². The first kappa shape index (κ1) is 13.7. The number of amides is 1. The number of H-pyrrole nitrogens is 1. The van der Waals surface area contributed by atoms with Crippen molar-refractivity contribution < 1.29 is 9.90 Å². The van der Waals surface area contributed by atoms with Crippen LogP contribution in [0.3, 0.4) is 0 Å². The fourth-order valence-corrected chi connectivity index (χ4v) is 2.59. The lowest BCUT2D eigenvalue weighted by atomic mass is 9.76. The predicted molar refractivity (Wildman–Crippen MR) is 74.3 cm³/mol. The summed E-state index contributed by atoms with van der Waals surface area (Å²) < 4.78 is 0. The third-order valence-electron chi connectivity index (χ3n) is 3.82. The molecule has 21 heavy (non-hydrogen) atoms. The van der Waals surface area contributed by atoms with Gasteiger partial charge in [-0.25, -0.2) is 4.98 Å². The number of pyridine rings is 1. The average molecular weight is 287 g/mol. The molecule has 0 aromatic carbocycles. The second-order valence-electron chi connectivity index (χ2n) is 5.32. The monoisotopic (exact) mass is 287 g/mol. The Labute approximate surface area is 121 Å². The van der Waals surface area contributed by atoms with Crippen molar-refractivity contribution >= 4 is 5.91 Å². The van der Waals surface area contributed by atoms with Gasteiger partial charge in [-0.3, -0.25) is 14.9 Å². The van der Waals surface area contributed by atoms with Gasteiger partial charge >= 0.3 is 0 Å². The minimum absolute atomic E-state index is 0.0686. The summed E-state index contributed by atoms with van der Waals surface area (Å²) >= 11 is 0. The lowest BCUT2D eigenvalue weighted by molar-refractivity contribution is 0.0236. The summed E-state index contributed by atoms with van der Waals surface area (Å²) in [6.45, 7) is 0. The Balaban J connectivity index is 1.69. The van der Waals surface area contributed by atoms with E-state index in [1.54, 1.807) is 6.20 Å². The molecule has 110 valence electrons. The van der Waals surface area contributed by atoms with E-state index >= 15 is 0 Å². The number of aliphatic hydroxyl groups is 1. The fourth-order valence-electron chi connectivity index (χ4n) is 2.59. The molecule has 0 aliphatic heterocycles. The number of carbonyl (C=O) groups is 1. The molecule has 2 heterocycles. The summed E-state index contributed by atoms with van der Waals surface area (Å²) in [5.74, 6) is 0.171. The molecule has 0 radical (unpaired) electrons. The van der Waals surface area contributed by atoms with Crippen LogP contribution in [0, 0.1) is 5.92 Å². The van der Waals surface area contributed by atoms with E-state index in [9.17, 15) is 9.90 Å². The van der Waals surface area contributed by atoms with E-state index in [1.807, 2.05) is 18.2 Å². The van der Waals surface area contributed by atoms with Crippen LogP contribution in [-0.4, -0.2) is 43.3 Å². The molecule has 1 fully saturated rings. The van der Waals surface area contributed by atoms with Crippen molar-refractivity contribution in [3.05, 3.63) is 42.2 Å². The number of aromatic nitrogens is 4. The number of rotatable bonds is 5. The van der Waals surface area contributed by atoms with Gasteiger partial charge in [0.05, 0.1) is 6.10 Å². The second kappa shape index (κ2) is 6.01. The Bertz CT molecular complexity index is 581. The maximum atomic E-state index is 12.1. The van der Waals surface area contributed by atoms with E-state index in [4.69, 9.17) is 0 Å². The van der Waals surface area contributed by atoms with E-state index in [1.165, 1.54) is 6.33 Å². The first-order valence-corrected chi connectivity index (χ1v) is 6.96. The van der Waals surface area contributed by atoms with Gasteiger partial charge in [0.15, 0.2) is 0 Å². The Kier molecular flexibility index (Phi) is 3.92. The molecule has 1 aliphatic carbocycles. The third kappa shape index (κ3) is 3.25. The van der Waals surface area contributed by atoms with E-state index in [0.717, 1.165) is 5.69 Å². The van der Waals surface area contributed by atoms with Crippen LogP contribution in [0.25, 0.3) is 0 Å². The van der Waals surface area contributed by atoms with Crippen molar-refractivity contribution in [2.24, 2.45) is 5.92 Å². The third-order valence-corrected chi connectivity index (χ3v) is 3.82. The first-order chi connectivity index (χ1) is 10.2. The first-order valence-electron chi connectivity index (χ1n) is 6.96. The number of carbonyl (C=O) groups excluding carboxylic acids is 1. The van der Waals surface area contributed by atoms with E-state index in [0.29, 0.717) is 19.3 Å². The highest BCUT2D eigenvalue weighted by Crippen LogP contribution is 2.31. The minimum Gasteiger partial charge on any atom is -0.393 e. The fraction of sp³-hybridized carbons (Fsp3) is 0.429. The molecule has 1 aliphatic rings. The largest absolute Gasteiger partial charge is 0.393 e. The molecule has 1 unspecified atom stereocenters. The smallest absolute Gasteiger partial charge is 0.288 e. The highest BCUT2D eigenvalue weighted by molar-refractivity contribution is 5.90. The molecule has 7 nitrogen and oxygen atoms in total. The summed E-state index contributed by atoms with van der Waals surface area (Å²) in [5, 5.41) is 18.7. The van der Waals surface area contributed by atoms with Crippen LogP contribution in [0.2, 0.25) is 0 Å². The molecule has 2 aromatic rings. The van der Waals surface area contributed by atoms with Crippen LogP contribution < -0.4 is 5.32 Å². The lowest BCUT2D eigenvalue weighted by Crippen LogP contribution is -2.48. The number of hydrogen-bond donors (Lipinski definition) is 3. The summed E-state index contributed by atoms with van der Waals surface area (Å²) in [4.78, 5) is 20.3. The molecule has 1 amide bonds. The summed E-state index contributed by atoms with van der Waals surface area (Å²) in [5.41, 5.74) is 0.918. The molecule has 2 aromatic heterocycles. The zero-order valence-corrected chi connectivity index (χ0v) is 11.4. The highest BCUT2D eigenvalue weighted by Gasteiger charge is 2.35. The van der Waals surface area contributed by atoms with Crippen LogP contribution in [0.5, 0.6) is 0 Å². The quantitative estimate of drug-likeness (QED) is 0.734. The Hall–Kier alpha value is -2.28. The summed E-state index contributed by atoms with van der Waals surface area (Å²) in [6.07, 6.45) is 4.82. The van der Waals surface area contributed by atoms with Gasteiger partial charge in [0.25, 0.3) is 5.91 Å². The predicted octanol–water partition coefficient (Wildman–Crippen LogP) is 0.312. The van der Waals surface area contributed by atoms with Gasteiger partial charge in [0.1, 0.15) is 6.33 Å². The number of nitrogens with zero attached hydrogens (tertiary/aromatic N) is 3. The second-order valence-corrected chi connectivity index (χ2v) is 5.32. The summed E-state index contributed by atoms with van der Waals surface area (Å²) in [7, 11) is 0. The number of aliphatic hydroxyl groups excluding tert-OH is 1. The molecular weight excluding hydrogens is 270 g/mol. The van der Waals surface area contributed by atoms with Crippen LogP contribution in [-0.2, 0) is 6.42 Å². The van der Waals surface area contributed by atoms with Crippen LogP contribution in [0.1, 0.15) is 29.2 Å². The van der Waals surface area contributed by atoms with Crippen molar-refractivity contribution in [2.75, 3.05) is 0 Å². The van der Waals surface area contributed by atoms with E-state index in [2.05, 4.69) is 25.5 Å². The maximum absolute atomic E-state index is 12.1. The SMILES string of the molecule is O=C(NC(Cc1ccccn1)C1CC(O)C1)c1ncn[nH]1. The van der Waals surface area contributed by atoms with E-state index < -0.39 is 0 Å². The van der Waals surface area contributed by atoms with Crippen LogP contribution in [0.4, 0.5) is 0 Å². The topological polar surface area (TPSA) is 104 Å². The zero-order chi connectivity index (χ0) is 14.7. The summed E-state index contributed by atoms with van der Waals surface area (Å²) in [6, 6.07) is 5.65. The van der Waals surface area contributed by atoms with Crippen molar-refractivity contribution in [1.29, 1.82) is 0 Å². The zero-order valence-electron chi connectivity index (χ0n) is 11.4. The van der Waals surface area contributed by atoms with Crippen molar-refractivity contribution in [3.63, 3.8) is 0 Å². The van der Waals surface area contributed by atoms with Gasteiger partial charge in [-0.2, -0.15) is 5.10 Å². The Morgan fingerprint density at radius 2 is 2.29 bits per heavy atom. The highest BCUT2D eigenvalue weighted by atomic mass is 16.3. The molecule has 1 saturated carbocycles. The normalized spacial score (nSPS) is 22.3. The molecule has 1 atom stereocenters. The van der Waals surface area contributed by atoms with E-state index in [-0.39, 0.29) is 29.8 Å². The van der Waals surface area contributed by atoms with Gasteiger partial charge in [-0.15, -0.1) is 0 Å².